The lowest BCUT2D eigenvalue weighted by atomic mass is 10.0. The highest BCUT2D eigenvalue weighted by atomic mass is 35.5. The first-order valence-electron chi connectivity index (χ1n) is 8.12. The van der Waals surface area contributed by atoms with E-state index in [1.165, 1.54) is 5.56 Å². The fourth-order valence-electron chi connectivity index (χ4n) is 2.69. The van der Waals surface area contributed by atoms with Gasteiger partial charge in [0, 0.05) is 15.6 Å². The van der Waals surface area contributed by atoms with Gasteiger partial charge in [0.05, 0.1) is 5.57 Å². The predicted molar refractivity (Wildman–Crippen MR) is 103 cm³/mol. The maximum atomic E-state index is 12.1. The molecular weight excluding hydrogens is 355 g/mol. The van der Waals surface area contributed by atoms with Gasteiger partial charge >= 0.3 is 5.97 Å². The normalized spacial score (nSPS) is 15.6. The molecule has 1 aliphatic heterocycles. The van der Waals surface area contributed by atoms with Gasteiger partial charge in [0.15, 0.2) is 0 Å². The molecule has 0 fully saturated rings. The van der Waals surface area contributed by atoms with Crippen LogP contribution in [0.1, 0.15) is 30.5 Å². The van der Waals surface area contributed by atoms with Gasteiger partial charge in [-0.2, -0.15) is 0 Å². The quantitative estimate of drug-likeness (QED) is 0.473. The van der Waals surface area contributed by atoms with Crippen molar-refractivity contribution in [3.63, 3.8) is 0 Å². The first-order valence-corrected chi connectivity index (χ1v) is 8.88. The molecule has 0 bridgehead atoms. The van der Waals surface area contributed by atoms with Crippen LogP contribution in [-0.2, 0) is 16.0 Å². The topological polar surface area (TPSA) is 26.3 Å². The van der Waals surface area contributed by atoms with Crippen LogP contribution in [0.2, 0.25) is 10.0 Å². The molecule has 0 aliphatic carbocycles. The third-order valence-electron chi connectivity index (χ3n) is 3.88. The minimum absolute atomic E-state index is 0.382. The largest absolute Gasteiger partial charge is 0.422 e. The van der Waals surface area contributed by atoms with Crippen LogP contribution in [0.3, 0.4) is 0 Å². The van der Waals surface area contributed by atoms with Gasteiger partial charge in [-0.3, -0.25) is 0 Å². The van der Waals surface area contributed by atoms with Crippen LogP contribution >= 0.6 is 23.2 Å². The molecule has 3 rings (SSSR count). The average molecular weight is 373 g/mol. The lowest BCUT2D eigenvalue weighted by Crippen LogP contribution is -1.98. The molecule has 2 aromatic carbocycles. The van der Waals surface area contributed by atoms with Crippen molar-refractivity contribution in [1.29, 1.82) is 0 Å². The molecule has 1 aliphatic rings. The second-order valence-electron chi connectivity index (χ2n) is 6.46. The van der Waals surface area contributed by atoms with Crippen LogP contribution in [0.15, 0.2) is 54.1 Å². The fraction of sp³-hybridized carbons (Fsp3) is 0.190. The minimum atomic E-state index is -0.382. The maximum Gasteiger partial charge on any atom is 0.343 e. The zero-order chi connectivity index (χ0) is 18.0. The van der Waals surface area contributed by atoms with Crippen molar-refractivity contribution in [2.45, 2.75) is 20.3 Å². The molecule has 0 N–H and O–H groups in total. The standard InChI is InChI=1S/C21H18Cl2O2/c1-13(2)9-14-3-5-15(6-4-14)20-11-17(21(24)25-20)10-16-7-8-18(22)12-19(16)23/h3-8,10-13H,9H2,1-2H3/b17-10-. The molecular formula is C21H18Cl2O2. The van der Waals surface area contributed by atoms with Gasteiger partial charge < -0.3 is 4.74 Å². The number of carbonyl (C=O) groups is 1. The number of rotatable bonds is 4. The molecule has 4 heteroatoms. The third kappa shape index (κ3) is 4.33. The van der Waals surface area contributed by atoms with E-state index in [4.69, 9.17) is 27.9 Å². The van der Waals surface area contributed by atoms with Crippen molar-refractivity contribution in [3.05, 3.63) is 80.8 Å². The molecule has 0 amide bonds. The third-order valence-corrected chi connectivity index (χ3v) is 4.44. The van der Waals surface area contributed by atoms with Gasteiger partial charge in [0.25, 0.3) is 0 Å². The van der Waals surface area contributed by atoms with E-state index in [-0.39, 0.29) is 5.97 Å². The van der Waals surface area contributed by atoms with Crippen LogP contribution in [-0.4, -0.2) is 5.97 Å². The van der Waals surface area contributed by atoms with Crippen molar-refractivity contribution in [3.8, 4) is 0 Å². The highest BCUT2D eigenvalue weighted by Crippen LogP contribution is 2.30. The Morgan fingerprint density at radius 2 is 1.80 bits per heavy atom. The van der Waals surface area contributed by atoms with Crippen molar-refractivity contribution >= 4 is 41.0 Å². The van der Waals surface area contributed by atoms with E-state index in [9.17, 15) is 4.79 Å². The highest BCUT2D eigenvalue weighted by Gasteiger charge is 2.22. The second-order valence-corrected chi connectivity index (χ2v) is 7.30. The molecule has 0 aromatic heterocycles. The molecule has 0 radical (unpaired) electrons. The smallest absolute Gasteiger partial charge is 0.343 e. The Kier molecular flexibility index (Phi) is 5.31. The van der Waals surface area contributed by atoms with E-state index in [0.29, 0.717) is 27.3 Å². The molecule has 0 saturated carbocycles. The second kappa shape index (κ2) is 7.47. The summed E-state index contributed by atoms with van der Waals surface area (Å²) >= 11 is 12.1. The van der Waals surface area contributed by atoms with Crippen molar-refractivity contribution in [2.75, 3.05) is 0 Å². The Morgan fingerprint density at radius 3 is 2.44 bits per heavy atom. The summed E-state index contributed by atoms with van der Waals surface area (Å²) in [5, 5.41) is 1.05. The van der Waals surface area contributed by atoms with Crippen LogP contribution in [0.25, 0.3) is 11.8 Å². The van der Waals surface area contributed by atoms with Crippen molar-refractivity contribution < 1.29 is 9.53 Å². The number of hydrogen-bond acceptors (Lipinski definition) is 2. The number of cyclic esters (lactones) is 1. The van der Waals surface area contributed by atoms with Crippen LogP contribution < -0.4 is 0 Å². The number of ether oxygens (including phenoxy) is 1. The molecule has 1 heterocycles. The van der Waals surface area contributed by atoms with Gasteiger partial charge in [-0.15, -0.1) is 0 Å². The van der Waals surface area contributed by atoms with Crippen LogP contribution in [0.4, 0.5) is 0 Å². The van der Waals surface area contributed by atoms with E-state index in [0.717, 1.165) is 17.5 Å². The zero-order valence-electron chi connectivity index (χ0n) is 14.1. The Hall–Kier alpha value is -2.03. The molecule has 25 heavy (non-hydrogen) atoms. The van der Waals surface area contributed by atoms with Gasteiger partial charge in [0.2, 0.25) is 0 Å². The summed E-state index contributed by atoms with van der Waals surface area (Å²) in [6.07, 6.45) is 4.48. The monoisotopic (exact) mass is 372 g/mol. The van der Waals surface area contributed by atoms with E-state index in [1.807, 2.05) is 12.1 Å². The molecule has 2 aromatic rings. The first-order chi connectivity index (χ1) is 11.9. The van der Waals surface area contributed by atoms with E-state index >= 15 is 0 Å². The number of hydrogen-bond donors (Lipinski definition) is 0. The molecule has 0 atom stereocenters. The van der Waals surface area contributed by atoms with E-state index in [2.05, 4.69) is 26.0 Å². The predicted octanol–water partition coefficient (Wildman–Crippen LogP) is 6.17. The fourth-order valence-corrected chi connectivity index (χ4v) is 3.16. The molecule has 0 spiro atoms. The minimum Gasteiger partial charge on any atom is -0.422 e. The van der Waals surface area contributed by atoms with Gasteiger partial charge in [-0.05, 0) is 47.8 Å². The number of carbonyl (C=O) groups excluding carboxylic acids is 1. The molecule has 0 saturated heterocycles. The summed E-state index contributed by atoms with van der Waals surface area (Å²) in [5.74, 6) is 0.776. The molecule has 2 nitrogen and oxygen atoms in total. The number of esters is 1. The SMILES string of the molecule is CC(C)Cc1ccc(C2=C/C(=C/c3ccc(Cl)cc3Cl)C(=O)O2)cc1. The maximum absolute atomic E-state index is 12.1. The van der Waals surface area contributed by atoms with Crippen LogP contribution in [0, 0.1) is 5.92 Å². The van der Waals surface area contributed by atoms with Gasteiger partial charge in [0.1, 0.15) is 5.76 Å². The first kappa shape index (κ1) is 17.8. The summed E-state index contributed by atoms with van der Waals surface area (Å²) in [5.41, 5.74) is 3.34. The lowest BCUT2D eigenvalue weighted by Gasteiger charge is -2.06. The number of benzene rings is 2. The summed E-state index contributed by atoms with van der Waals surface area (Å²) in [6.45, 7) is 4.38. The Balaban J connectivity index is 1.86. The zero-order valence-corrected chi connectivity index (χ0v) is 15.6. The number of halogens is 2. The van der Waals surface area contributed by atoms with Gasteiger partial charge in [-0.25, -0.2) is 4.79 Å². The van der Waals surface area contributed by atoms with Crippen LogP contribution in [0.5, 0.6) is 0 Å². The summed E-state index contributed by atoms with van der Waals surface area (Å²) in [4.78, 5) is 12.1. The van der Waals surface area contributed by atoms with Crippen molar-refractivity contribution in [1.82, 2.24) is 0 Å². The summed E-state index contributed by atoms with van der Waals surface area (Å²) in [6, 6.07) is 13.3. The highest BCUT2D eigenvalue weighted by molar-refractivity contribution is 6.35. The summed E-state index contributed by atoms with van der Waals surface area (Å²) < 4.78 is 5.40. The Labute approximate surface area is 157 Å². The lowest BCUT2D eigenvalue weighted by molar-refractivity contribution is -0.130. The Morgan fingerprint density at radius 1 is 1.08 bits per heavy atom. The Bertz CT molecular complexity index is 862. The summed E-state index contributed by atoms with van der Waals surface area (Å²) in [7, 11) is 0. The average Bonchev–Trinajstić information content (AvgIpc) is 2.91. The molecule has 128 valence electrons. The van der Waals surface area contributed by atoms with Crippen molar-refractivity contribution in [2.24, 2.45) is 5.92 Å². The van der Waals surface area contributed by atoms with E-state index in [1.54, 1.807) is 30.4 Å². The van der Waals surface area contributed by atoms with E-state index < -0.39 is 0 Å². The van der Waals surface area contributed by atoms with Gasteiger partial charge in [-0.1, -0.05) is 67.4 Å². The molecule has 0 unspecified atom stereocenters.